The van der Waals surface area contributed by atoms with E-state index in [9.17, 15) is 0 Å². The maximum atomic E-state index is 5.83. The molecule has 1 saturated carbocycles. The molecule has 1 heterocycles. The molecule has 0 bridgehead atoms. The Morgan fingerprint density at radius 2 is 2.31 bits per heavy atom. The second kappa shape index (κ2) is 2.91. The number of rotatable bonds is 1. The summed E-state index contributed by atoms with van der Waals surface area (Å²) in [4.78, 5) is 0. The highest BCUT2D eigenvalue weighted by Crippen LogP contribution is 2.44. The normalized spacial score (nSPS) is 33.0. The summed E-state index contributed by atoms with van der Waals surface area (Å²) < 4.78 is 1.85. The summed E-state index contributed by atoms with van der Waals surface area (Å²) >= 11 is 5.83. The molecule has 3 nitrogen and oxygen atoms in total. The van der Waals surface area contributed by atoms with Gasteiger partial charge in [0.05, 0.1) is 12.2 Å². The largest absolute Gasteiger partial charge is 0.383 e. The van der Waals surface area contributed by atoms with Crippen molar-refractivity contribution in [3.63, 3.8) is 0 Å². The summed E-state index contributed by atoms with van der Waals surface area (Å²) in [7, 11) is 0. The fraction of sp³-hybridized carbons (Fsp3) is 0.667. The molecule has 3 atom stereocenters. The minimum atomic E-state index is 0.447. The van der Waals surface area contributed by atoms with Gasteiger partial charge in [-0.2, -0.15) is 5.10 Å². The molecule has 0 radical (unpaired) electrons. The Kier molecular flexibility index (Phi) is 1.99. The van der Waals surface area contributed by atoms with E-state index in [4.69, 9.17) is 17.3 Å². The topological polar surface area (TPSA) is 43.8 Å². The number of anilines is 1. The van der Waals surface area contributed by atoms with Crippen LogP contribution in [0.5, 0.6) is 0 Å². The van der Waals surface area contributed by atoms with Gasteiger partial charge in [-0.25, -0.2) is 4.68 Å². The number of aromatic nitrogens is 2. The highest BCUT2D eigenvalue weighted by atomic mass is 35.5. The van der Waals surface area contributed by atoms with Gasteiger partial charge in [0.1, 0.15) is 10.8 Å². The zero-order chi connectivity index (χ0) is 9.59. The molecule has 1 aromatic rings. The van der Waals surface area contributed by atoms with Crippen molar-refractivity contribution in [1.29, 1.82) is 0 Å². The molecule has 4 heteroatoms. The van der Waals surface area contributed by atoms with Gasteiger partial charge in [0.2, 0.25) is 0 Å². The average molecular weight is 200 g/mol. The van der Waals surface area contributed by atoms with Gasteiger partial charge in [0.15, 0.2) is 0 Å². The Hall–Kier alpha value is -0.700. The van der Waals surface area contributed by atoms with Crippen LogP contribution in [0.4, 0.5) is 5.82 Å². The van der Waals surface area contributed by atoms with E-state index in [1.807, 2.05) is 4.68 Å². The van der Waals surface area contributed by atoms with Crippen LogP contribution in [0.15, 0.2) is 6.20 Å². The summed E-state index contributed by atoms with van der Waals surface area (Å²) in [6.45, 7) is 4.48. The van der Waals surface area contributed by atoms with E-state index < -0.39 is 0 Å². The van der Waals surface area contributed by atoms with E-state index in [2.05, 4.69) is 18.9 Å². The highest BCUT2D eigenvalue weighted by Gasteiger charge is 2.37. The molecule has 1 aliphatic carbocycles. The van der Waals surface area contributed by atoms with Crippen molar-refractivity contribution < 1.29 is 0 Å². The van der Waals surface area contributed by atoms with Crippen LogP contribution in [0.25, 0.3) is 0 Å². The maximum absolute atomic E-state index is 5.83. The quantitative estimate of drug-likeness (QED) is 0.755. The van der Waals surface area contributed by atoms with Gasteiger partial charge >= 0.3 is 0 Å². The van der Waals surface area contributed by atoms with Crippen LogP contribution in [0, 0.1) is 11.8 Å². The molecule has 72 valence electrons. The Morgan fingerprint density at radius 3 is 2.69 bits per heavy atom. The van der Waals surface area contributed by atoms with Crippen molar-refractivity contribution in [3.05, 3.63) is 11.2 Å². The van der Waals surface area contributed by atoms with Gasteiger partial charge in [-0.15, -0.1) is 0 Å². The standard InChI is InChI=1S/C9H14ClN3/c1-5-3-8(6(5)2)13-9(11)7(10)4-12-13/h4-6,8H,3,11H2,1-2H3. The molecule has 1 aliphatic rings. The first-order valence-corrected chi connectivity index (χ1v) is 4.97. The van der Waals surface area contributed by atoms with Crippen molar-refractivity contribution >= 4 is 17.4 Å². The lowest BCUT2D eigenvalue weighted by molar-refractivity contribution is 0.103. The molecular weight excluding hydrogens is 186 g/mol. The lowest BCUT2D eigenvalue weighted by Gasteiger charge is -2.41. The van der Waals surface area contributed by atoms with Crippen molar-refractivity contribution in [2.75, 3.05) is 5.73 Å². The van der Waals surface area contributed by atoms with E-state index >= 15 is 0 Å². The molecule has 0 amide bonds. The number of halogens is 1. The maximum Gasteiger partial charge on any atom is 0.140 e. The van der Waals surface area contributed by atoms with Gasteiger partial charge in [-0.3, -0.25) is 0 Å². The molecule has 2 N–H and O–H groups in total. The molecule has 3 unspecified atom stereocenters. The number of nitrogens with zero attached hydrogens (tertiary/aromatic N) is 2. The van der Waals surface area contributed by atoms with E-state index in [1.165, 1.54) is 0 Å². The number of nitrogen functional groups attached to an aromatic ring is 1. The van der Waals surface area contributed by atoms with Crippen LogP contribution in [-0.2, 0) is 0 Å². The molecule has 1 aromatic heterocycles. The van der Waals surface area contributed by atoms with Crippen molar-refractivity contribution in [2.24, 2.45) is 11.8 Å². The summed E-state index contributed by atoms with van der Waals surface area (Å²) in [5, 5.41) is 4.74. The van der Waals surface area contributed by atoms with Gasteiger partial charge < -0.3 is 5.73 Å². The molecule has 0 spiro atoms. The van der Waals surface area contributed by atoms with Crippen molar-refractivity contribution in [1.82, 2.24) is 9.78 Å². The van der Waals surface area contributed by atoms with Crippen LogP contribution in [0.1, 0.15) is 26.3 Å². The molecular formula is C9H14ClN3. The monoisotopic (exact) mass is 199 g/mol. The fourth-order valence-corrected chi connectivity index (χ4v) is 2.06. The second-order valence-corrected chi connectivity index (χ2v) is 4.37. The van der Waals surface area contributed by atoms with Crippen LogP contribution >= 0.6 is 11.6 Å². The van der Waals surface area contributed by atoms with Crippen molar-refractivity contribution in [3.8, 4) is 0 Å². The average Bonchev–Trinajstić information content (AvgIpc) is 2.44. The first-order valence-electron chi connectivity index (χ1n) is 4.59. The predicted molar refractivity (Wildman–Crippen MR) is 53.6 cm³/mol. The van der Waals surface area contributed by atoms with E-state index in [1.54, 1.807) is 6.20 Å². The van der Waals surface area contributed by atoms with Gasteiger partial charge in [-0.05, 0) is 18.3 Å². The third-order valence-electron chi connectivity index (χ3n) is 3.22. The Morgan fingerprint density at radius 1 is 1.62 bits per heavy atom. The zero-order valence-corrected chi connectivity index (χ0v) is 8.62. The van der Waals surface area contributed by atoms with Crippen LogP contribution in [-0.4, -0.2) is 9.78 Å². The zero-order valence-electron chi connectivity index (χ0n) is 7.87. The lowest BCUT2D eigenvalue weighted by Crippen LogP contribution is -2.35. The summed E-state index contributed by atoms with van der Waals surface area (Å²) in [5.74, 6) is 2.02. The molecule has 13 heavy (non-hydrogen) atoms. The second-order valence-electron chi connectivity index (χ2n) is 3.96. The Labute approximate surface area is 82.9 Å². The summed E-state index contributed by atoms with van der Waals surface area (Å²) in [6, 6.07) is 0.447. The van der Waals surface area contributed by atoms with Gasteiger partial charge in [-0.1, -0.05) is 25.4 Å². The first-order chi connectivity index (χ1) is 6.11. The number of hydrogen-bond acceptors (Lipinski definition) is 2. The third-order valence-corrected chi connectivity index (χ3v) is 3.51. The number of hydrogen-bond donors (Lipinski definition) is 1. The van der Waals surface area contributed by atoms with E-state index in [-0.39, 0.29) is 0 Å². The van der Waals surface area contributed by atoms with E-state index in [0.29, 0.717) is 22.8 Å². The SMILES string of the molecule is CC1CC(n2ncc(Cl)c2N)C1C. The summed E-state index contributed by atoms with van der Waals surface area (Å²) in [6.07, 6.45) is 2.77. The van der Waals surface area contributed by atoms with Crippen LogP contribution in [0.2, 0.25) is 5.02 Å². The minimum Gasteiger partial charge on any atom is -0.383 e. The van der Waals surface area contributed by atoms with Gasteiger partial charge in [0, 0.05) is 0 Å². The molecule has 0 aromatic carbocycles. The molecule has 1 fully saturated rings. The van der Waals surface area contributed by atoms with Gasteiger partial charge in [0.25, 0.3) is 0 Å². The fourth-order valence-electron chi connectivity index (χ4n) is 1.93. The lowest BCUT2D eigenvalue weighted by atomic mass is 9.71. The minimum absolute atomic E-state index is 0.447. The van der Waals surface area contributed by atoms with Crippen LogP contribution in [0.3, 0.4) is 0 Å². The Balaban J connectivity index is 2.23. The summed E-state index contributed by atoms with van der Waals surface area (Å²) in [5.41, 5.74) is 5.79. The number of nitrogens with two attached hydrogens (primary N) is 1. The predicted octanol–water partition coefficient (Wildman–Crippen LogP) is 2.34. The smallest absolute Gasteiger partial charge is 0.140 e. The van der Waals surface area contributed by atoms with Crippen molar-refractivity contribution in [2.45, 2.75) is 26.3 Å². The third kappa shape index (κ3) is 1.22. The van der Waals surface area contributed by atoms with Crippen LogP contribution < -0.4 is 5.73 Å². The molecule has 0 aliphatic heterocycles. The van der Waals surface area contributed by atoms with E-state index in [0.717, 1.165) is 12.3 Å². The molecule has 0 saturated heterocycles. The molecule has 2 rings (SSSR count). The first kappa shape index (κ1) is 8.88. The Bertz CT molecular complexity index is 321. The highest BCUT2D eigenvalue weighted by molar-refractivity contribution is 6.32.